The van der Waals surface area contributed by atoms with Crippen molar-refractivity contribution in [2.45, 2.75) is 19.4 Å². The van der Waals surface area contributed by atoms with Crippen LogP contribution in [-0.2, 0) is 0 Å². The molecular weight excluding hydrogens is 320 g/mol. The van der Waals surface area contributed by atoms with Gasteiger partial charge in [-0.3, -0.25) is 0 Å². The zero-order valence-corrected chi connectivity index (χ0v) is 11.8. The summed E-state index contributed by atoms with van der Waals surface area (Å²) in [7, 11) is 0. The highest BCUT2D eigenvalue weighted by Gasteiger charge is 2.16. The molecule has 82 valence electrons. The summed E-state index contributed by atoms with van der Waals surface area (Å²) in [5.41, 5.74) is 2.41. The summed E-state index contributed by atoms with van der Waals surface area (Å²) in [6, 6.07) is 4.81. The third kappa shape index (κ3) is 2.74. The largest absolute Gasteiger partial charge is 0.379 e. The van der Waals surface area contributed by atoms with Gasteiger partial charge in [0.25, 0.3) is 0 Å². The molecule has 1 saturated heterocycles. The second kappa shape index (κ2) is 4.85. The molecule has 0 radical (unpaired) electrons. The van der Waals surface area contributed by atoms with Gasteiger partial charge in [0.2, 0.25) is 0 Å². The number of rotatable bonds is 2. The molecule has 1 aromatic rings. The number of benzene rings is 1. The SMILES string of the molecule is Cc1cc(Br)c(NC2CCNC2)c(Br)c1. The summed E-state index contributed by atoms with van der Waals surface area (Å²) in [5.74, 6) is 0. The van der Waals surface area contributed by atoms with Gasteiger partial charge in [-0.1, -0.05) is 0 Å². The van der Waals surface area contributed by atoms with Crippen LogP contribution in [0.25, 0.3) is 0 Å². The van der Waals surface area contributed by atoms with Crippen molar-refractivity contribution in [1.29, 1.82) is 0 Å². The van der Waals surface area contributed by atoms with Crippen LogP contribution in [0.3, 0.4) is 0 Å². The number of anilines is 1. The Morgan fingerprint density at radius 1 is 1.33 bits per heavy atom. The molecule has 2 N–H and O–H groups in total. The summed E-state index contributed by atoms with van der Waals surface area (Å²) in [6.45, 7) is 4.25. The van der Waals surface area contributed by atoms with Gasteiger partial charge in [-0.05, 0) is 69.4 Å². The predicted octanol–water partition coefficient (Wildman–Crippen LogP) is 3.29. The molecule has 1 heterocycles. The van der Waals surface area contributed by atoms with Crippen LogP contribution in [-0.4, -0.2) is 19.1 Å². The average molecular weight is 334 g/mol. The molecule has 4 heteroatoms. The molecule has 0 aromatic heterocycles. The van der Waals surface area contributed by atoms with Crippen LogP contribution < -0.4 is 10.6 Å². The Hall–Kier alpha value is -0.0600. The minimum Gasteiger partial charge on any atom is -0.379 e. The molecule has 1 aliphatic heterocycles. The minimum absolute atomic E-state index is 0.542. The highest BCUT2D eigenvalue weighted by molar-refractivity contribution is 9.11. The second-order valence-electron chi connectivity index (χ2n) is 3.94. The van der Waals surface area contributed by atoms with E-state index in [1.54, 1.807) is 0 Å². The average Bonchev–Trinajstić information content (AvgIpc) is 2.63. The molecule has 0 aliphatic carbocycles. The van der Waals surface area contributed by atoms with Crippen LogP contribution in [0.15, 0.2) is 21.1 Å². The lowest BCUT2D eigenvalue weighted by atomic mass is 10.2. The van der Waals surface area contributed by atoms with Gasteiger partial charge < -0.3 is 10.6 Å². The molecule has 1 aromatic carbocycles. The number of halogens is 2. The van der Waals surface area contributed by atoms with Crippen molar-refractivity contribution < 1.29 is 0 Å². The first-order chi connectivity index (χ1) is 7.16. The Labute approximate surface area is 107 Å². The van der Waals surface area contributed by atoms with E-state index in [1.165, 1.54) is 12.0 Å². The Morgan fingerprint density at radius 2 is 2.00 bits per heavy atom. The molecule has 1 atom stereocenters. The zero-order valence-electron chi connectivity index (χ0n) is 8.61. The smallest absolute Gasteiger partial charge is 0.0631 e. The van der Waals surface area contributed by atoms with Crippen LogP contribution in [0.1, 0.15) is 12.0 Å². The van der Waals surface area contributed by atoms with Gasteiger partial charge in [0.05, 0.1) is 5.69 Å². The van der Waals surface area contributed by atoms with Crippen molar-refractivity contribution in [3.63, 3.8) is 0 Å². The lowest BCUT2D eigenvalue weighted by Crippen LogP contribution is -2.22. The molecule has 0 spiro atoms. The molecule has 0 bridgehead atoms. The first-order valence-corrected chi connectivity index (χ1v) is 6.68. The number of hydrogen-bond donors (Lipinski definition) is 2. The number of hydrogen-bond acceptors (Lipinski definition) is 2. The fourth-order valence-corrected chi connectivity index (χ4v) is 3.46. The Balaban J connectivity index is 2.19. The highest BCUT2D eigenvalue weighted by Crippen LogP contribution is 2.33. The van der Waals surface area contributed by atoms with E-state index >= 15 is 0 Å². The minimum atomic E-state index is 0.542. The summed E-state index contributed by atoms with van der Waals surface area (Å²) < 4.78 is 2.25. The van der Waals surface area contributed by atoms with E-state index in [9.17, 15) is 0 Å². The topological polar surface area (TPSA) is 24.1 Å². The van der Waals surface area contributed by atoms with Gasteiger partial charge >= 0.3 is 0 Å². The van der Waals surface area contributed by atoms with Gasteiger partial charge in [0.1, 0.15) is 0 Å². The Bertz CT molecular complexity index is 337. The van der Waals surface area contributed by atoms with Crippen LogP contribution in [0.4, 0.5) is 5.69 Å². The van der Waals surface area contributed by atoms with Gasteiger partial charge in [-0.15, -0.1) is 0 Å². The summed E-state index contributed by atoms with van der Waals surface area (Å²) in [4.78, 5) is 0. The van der Waals surface area contributed by atoms with E-state index in [0.29, 0.717) is 6.04 Å². The maximum absolute atomic E-state index is 3.59. The lowest BCUT2D eigenvalue weighted by molar-refractivity contribution is 0.792. The standard InChI is InChI=1S/C11H14Br2N2/c1-7-4-9(12)11(10(13)5-7)15-8-2-3-14-6-8/h4-5,8,14-15H,2-3,6H2,1H3. The van der Waals surface area contributed by atoms with E-state index in [0.717, 1.165) is 27.7 Å². The maximum Gasteiger partial charge on any atom is 0.0631 e. The number of aryl methyl sites for hydroxylation is 1. The molecular formula is C11H14Br2N2. The third-order valence-corrected chi connectivity index (χ3v) is 3.85. The van der Waals surface area contributed by atoms with Gasteiger partial charge in [-0.2, -0.15) is 0 Å². The fraction of sp³-hybridized carbons (Fsp3) is 0.455. The highest BCUT2D eigenvalue weighted by atomic mass is 79.9. The van der Waals surface area contributed by atoms with Crippen molar-refractivity contribution >= 4 is 37.5 Å². The quantitative estimate of drug-likeness (QED) is 0.867. The van der Waals surface area contributed by atoms with Crippen molar-refractivity contribution in [3.05, 3.63) is 26.6 Å². The summed E-state index contributed by atoms with van der Waals surface area (Å²) in [6.07, 6.45) is 1.19. The first kappa shape index (κ1) is 11.4. The van der Waals surface area contributed by atoms with Crippen LogP contribution in [0.5, 0.6) is 0 Å². The van der Waals surface area contributed by atoms with Crippen molar-refractivity contribution in [2.75, 3.05) is 18.4 Å². The molecule has 0 saturated carbocycles. The van der Waals surface area contributed by atoms with E-state index in [4.69, 9.17) is 0 Å². The monoisotopic (exact) mass is 332 g/mol. The van der Waals surface area contributed by atoms with Crippen molar-refractivity contribution in [3.8, 4) is 0 Å². The van der Waals surface area contributed by atoms with E-state index < -0.39 is 0 Å². The fourth-order valence-electron chi connectivity index (χ4n) is 1.82. The molecule has 2 nitrogen and oxygen atoms in total. The molecule has 1 aliphatic rings. The zero-order chi connectivity index (χ0) is 10.8. The molecule has 1 unspecified atom stereocenters. The Kier molecular flexibility index (Phi) is 3.69. The molecule has 0 amide bonds. The Morgan fingerprint density at radius 3 is 2.53 bits per heavy atom. The maximum atomic E-state index is 3.59. The van der Waals surface area contributed by atoms with Crippen molar-refractivity contribution in [2.24, 2.45) is 0 Å². The van der Waals surface area contributed by atoms with Gasteiger partial charge in [-0.25, -0.2) is 0 Å². The normalized spacial score (nSPS) is 20.6. The van der Waals surface area contributed by atoms with E-state index in [1.807, 2.05) is 0 Å². The summed E-state index contributed by atoms with van der Waals surface area (Å²) >= 11 is 7.18. The van der Waals surface area contributed by atoms with E-state index in [-0.39, 0.29) is 0 Å². The van der Waals surface area contributed by atoms with E-state index in [2.05, 4.69) is 61.5 Å². The van der Waals surface area contributed by atoms with Crippen LogP contribution in [0, 0.1) is 6.92 Å². The molecule has 15 heavy (non-hydrogen) atoms. The predicted molar refractivity (Wildman–Crippen MR) is 71.5 cm³/mol. The lowest BCUT2D eigenvalue weighted by Gasteiger charge is -2.16. The number of nitrogens with one attached hydrogen (secondary N) is 2. The molecule has 2 rings (SSSR count). The third-order valence-electron chi connectivity index (χ3n) is 2.60. The van der Waals surface area contributed by atoms with Gasteiger partial charge in [0, 0.05) is 21.5 Å². The molecule has 1 fully saturated rings. The van der Waals surface area contributed by atoms with Crippen LogP contribution >= 0.6 is 31.9 Å². The summed E-state index contributed by atoms with van der Waals surface area (Å²) in [5, 5.41) is 6.90. The first-order valence-electron chi connectivity index (χ1n) is 5.09. The van der Waals surface area contributed by atoms with Crippen LogP contribution in [0.2, 0.25) is 0 Å². The van der Waals surface area contributed by atoms with Gasteiger partial charge in [0.15, 0.2) is 0 Å². The van der Waals surface area contributed by atoms with Crippen molar-refractivity contribution in [1.82, 2.24) is 5.32 Å². The second-order valence-corrected chi connectivity index (χ2v) is 5.65.